The third-order valence-corrected chi connectivity index (χ3v) is 4.25. The van der Waals surface area contributed by atoms with Crippen molar-refractivity contribution in [1.82, 2.24) is 10.3 Å². The van der Waals surface area contributed by atoms with Crippen molar-refractivity contribution in [3.63, 3.8) is 0 Å². The maximum atomic E-state index is 6.06. The quantitative estimate of drug-likeness (QED) is 0.845. The second-order valence-corrected chi connectivity index (χ2v) is 6.34. The fourth-order valence-electron chi connectivity index (χ4n) is 1.54. The first-order valence-electron chi connectivity index (χ1n) is 6.29. The molecule has 0 atom stereocenters. The van der Waals surface area contributed by atoms with Crippen molar-refractivity contribution in [2.24, 2.45) is 0 Å². The van der Waals surface area contributed by atoms with E-state index in [-0.39, 0.29) is 0 Å². The van der Waals surface area contributed by atoms with Crippen LogP contribution >= 0.6 is 34.5 Å². The molecular weight excluding hydrogens is 315 g/mol. The maximum Gasteiger partial charge on any atom is 0.140 e. The number of rotatable bonds is 6. The summed E-state index contributed by atoms with van der Waals surface area (Å²) in [5.41, 5.74) is 0.895. The van der Waals surface area contributed by atoms with Gasteiger partial charge in [-0.25, -0.2) is 4.98 Å². The van der Waals surface area contributed by atoms with E-state index in [1.165, 1.54) is 0 Å². The van der Waals surface area contributed by atoms with Crippen molar-refractivity contribution >= 4 is 34.5 Å². The summed E-state index contributed by atoms with van der Waals surface area (Å²) in [5, 5.41) is 7.31. The predicted molar refractivity (Wildman–Crippen MR) is 84.9 cm³/mol. The normalized spacial score (nSPS) is 11.1. The number of hydrogen-bond donors (Lipinski definition) is 1. The fourth-order valence-corrected chi connectivity index (χ4v) is 2.61. The van der Waals surface area contributed by atoms with E-state index in [9.17, 15) is 0 Å². The van der Waals surface area contributed by atoms with E-state index in [0.29, 0.717) is 28.4 Å². The molecule has 1 heterocycles. The highest BCUT2D eigenvalue weighted by Crippen LogP contribution is 2.31. The summed E-state index contributed by atoms with van der Waals surface area (Å²) in [4.78, 5) is 4.50. The minimum atomic E-state index is 0.387. The molecule has 0 fully saturated rings. The van der Waals surface area contributed by atoms with Crippen LogP contribution in [0.25, 0.3) is 0 Å². The summed E-state index contributed by atoms with van der Waals surface area (Å²) in [5.74, 6) is 0.578. The first-order chi connectivity index (χ1) is 9.56. The molecule has 1 aromatic carbocycles. The van der Waals surface area contributed by atoms with Crippen LogP contribution in [-0.2, 0) is 13.2 Å². The molecule has 2 aromatic rings. The summed E-state index contributed by atoms with van der Waals surface area (Å²) in [7, 11) is 0. The second-order valence-electron chi connectivity index (χ2n) is 4.61. The van der Waals surface area contributed by atoms with Crippen LogP contribution < -0.4 is 10.1 Å². The lowest BCUT2D eigenvalue weighted by molar-refractivity contribution is 0.302. The van der Waals surface area contributed by atoms with Gasteiger partial charge in [-0.1, -0.05) is 43.1 Å². The summed E-state index contributed by atoms with van der Waals surface area (Å²) < 4.78 is 5.65. The second kappa shape index (κ2) is 7.27. The lowest BCUT2D eigenvalue weighted by atomic mass is 10.3. The van der Waals surface area contributed by atoms with Gasteiger partial charge in [-0.2, -0.15) is 0 Å². The van der Waals surface area contributed by atoms with Gasteiger partial charge in [0, 0.05) is 18.0 Å². The van der Waals surface area contributed by atoms with Crippen LogP contribution in [0.3, 0.4) is 0 Å². The number of nitrogens with one attached hydrogen (secondary N) is 1. The monoisotopic (exact) mass is 330 g/mol. The van der Waals surface area contributed by atoms with Crippen molar-refractivity contribution < 1.29 is 4.74 Å². The highest BCUT2D eigenvalue weighted by atomic mass is 35.5. The number of benzene rings is 1. The summed E-state index contributed by atoms with van der Waals surface area (Å²) in [6, 6.07) is 5.78. The van der Waals surface area contributed by atoms with E-state index in [1.54, 1.807) is 23.5 Å². The largest absolute Gasteiger partial charge is 0.486 e. The Balaban J connectivity index is 1.92. The molecule has 0 unspecified atom stereocenters. The van der Waals surface area contributed by atoms with Gasteiger partial charge in [0.05, 0.1) is 10.7 Å². The van der Waals surface area contributed by atoms with Gasteiger partial charge in [-0.15, -0.1) is 11.3 Å². The highest BCUT2D eigenvalue weighted by Gasteiger charge is 2.07. The number of thiazole rings is 1. The summed E-state index contributed by atoms with van der Waals surface area (Å²) >= 11 is 13.6. The van der Waals surface area contributed by atoms with Gasteiger partial charge < -0.3 is 10.1 Å². The Hall–Kier alpha value is -0.810. The lowest BCUT2D eigenvalue weighted by Gasteiger charge is -2.07. The van der Waals surface area contributed by atoms with Gasteiger partial charge in [-0.3, -0.25) is 0 Å². The first-order valence-corrected chi connectivity index (χ1v) is 7.93. The number of halogens is 2. The van der Waals surface area contributed by atoms with Crippen LogP contribution in [0, 0.1) is 0 Å². The standard InChI is InChI=1S/C14H16Cl2N2OS/c1-9(2)17-6-13-18-10(8-20-13)7-19-12-5-3-4-11(15)14(12)16/h3-5,8-9,17H,6-7H2,1-2H3. The van der Waals surface area contributed by atoms with E-state index >= 15 is 0 Å². The molecule has 20 heavy (non-hydrogen) atoms. The molecule has 3 nitrogen and oxygen atoms in total. The topological polar surface area (TPSA) is 34.2 Å². The number of nitrogens with zero attached hydrogens (tertiary/aromatic N) is 1. The zero-order valence-electron chi connectivity index (χ0n) is 11.3. The Morgan fingerprint density at radius 2 is 2.15 bits per heavy atom. The van der Waals surface area contributed by atoms with Crippen LogP contribution in [0.5, 0.6) is 5.75 Å². The lowest BCUT2D eigenvalue weighted by Crippen LogP contribution is -2.21. The molecule has 0 saturated carbocycles. The molecule has 0 aliphatic rings. The van der Waals surface area contributed by atoms with Crippen LogP contribution in [-0.4, -0.2) is 11.0 Å². The van der Waals surface area contributed by atoms with Gasteiger partial charge in [0.1, 0.15) is 22.4 Å². The van der Waals surface area contributed by atoms with Gasteiger partial charge in [0.2, 0.25) is 0 Å². The van der Waals surface area contributed by atoms with Crippen LogP contribution in [0.1, 0.15) is 24.5 Å². The van der Waals surface area contributed by atoms with Gasteiger partial charge in [0.15, 0.2) is 0 Å². The molecule has 108 valence electrons. The Labute approximate surface area is 132 Å². The number of hydrogen-bond acceptors (Lipinski definition) is 4. The average molecular weight is 331 g/mol. The Morgan fingerprint density at radius 1 is 1.35 bits per heavy atom. The van der Waals surface area contributed by atoms with Gasteiger partial charge in [0.25, 0.3) is 0 Å². The van der Waals surface area contributed by atoms with Crippen molar-refractivity contribution in [1.29, 1.82) is 0 Å². The molecule has 0 aliphatic heterocycles. The molecule has 1 N–H and O–H groups in total. The Kier molecular flexibility index (Phi) is 5.66. The fraction of sp³-hybridized carbons (Fsp3) is 0.357. The van der Waals surface area contributed by atoms with E-state index in [4.69, 9.17) is 27.9 Å². The first kappa shape index (κ1) is 15.6. The zero-order valence-corrected chi connectivity index (χ0v) is 13.6. The predicted octanol–water partition coefficient (Wildman–Crippen LogP) is 4.53. The third-order valence-electron chi connectivity index (χ3n) is 2.55. The van der Waals surface area contributed by atoms with Crippen molar-refractivity contribution in [3.8, 4) is 5.75 Å². The molecule has 6 heteroatoms. The van der Waals surface area contributed by atoms with E-state index < -0.39 is 0 Å². The molecule has 0 spiro atoms. The van der Waals surface area contributed by atoms with Gasteiger partial charge in [-0.05, 0) is 12.1 Å². The van der Waals surface area contributed by atoms with Gasteiger partial charge >= 0.3 is 0 Å². The smallest absolute Gasteiger partial charge is 0.140 e. The summed E-state index contributed by atoms with van der Waals surface area (Å²) in [6.45, 7) is 5.38. The molecular formula is C14H16Cl2N2OS. The van der Waals surface area contributed by atoms with E-state index in [2.05, 4.69) is 24.1 Å². The average Bonchev–Trinajstić information content (AvgIpc) is 2.86. The van der Waals surface area contributed by atoms with Crippen LogP contribution in [0.15, 0.2) is 23.6 Å². The Morgan fingerprint density at radius 3 is 2.90 bits per heavy atom. The Bertz CT molecular complexity index is 572. The minimum Gasteiger partial charge on any atom is -0.486 e. The minimum absolute atomic E-state index is 0.387. The SMILES string of the molecule is CC(C)NCc1nc(COc2cccc(Cl)c2Cl)cs1. The number of aromatic nitrogens is 1. The molecule has 0 saturated heterocycles. The van der Waals surface area contributed by atoms with Crippen LogP contribution in [0.4, 0.5) is 0 Å². The molecule has 2 rings (SSSR count). The molecule has 0 aliphatic carbocycles. The molecule has 0 bridgehead atoms. The molecule has 1 aromatic heterocycles. The maximum absolute atomic E-state index is 6.06. The van der Waals surface area contributed by atoms with E-state index in [0.717, 1.165) is 17.2 Å². The van der Waals surface area contributed by atoms with Crippen molar-refractivity contribution in [2.75, 3.05) is 0 Å². The van der Waals surface area contributed by atoms with Crippen molar-refractivity contribution in [2.45, 2.75) is 33.0 Å². The van der Waals surface area contributed by atoms with E-state index in [1.807, 2.05) is 11.4 Å². The molecule has 0 amide bonds. The highest BCUT2D eigenvalue weighted by molar-refractivity contribution is 7.09. The number of ether oxygens (including phenoxy) is 1. The van der Waals surface area contributed by atoms with Crippen molar-refractivity contribution in [3.05, 3.63) is 44.3 Å². The molecule has 0 radical (unpaired) electrons. The summed E-state index contributed by atoms with van der Waals surface area (Å²) in [6.07, 6.45) is 0. The zero-order chi connectivity index (χ0) is 14.5. The van der Waals surface area contributed by atoms with Crippen LogP contribution in [0.2, 0.25) is 10.0 Å². The third kappa shape index (κ3) is 4.35.